The van der Waals surface area contributed by atoms with E-state index in [1.807, 2.05) is 25.1 Å². The van der Waals surface area contributed by atoms with Gasteiger partial charge in [-0.2, -0.15) is 0 Å². The van der Waals surface area contributed by atoms with Gasteiger partial charge in [0.2, 0.25) is 0 Å². The Morgan fingerprint density at radius 3 is 2.75 bits per heavy atom. The van der Waals surface area contributed by atoms with E-state index < -0.39 is 5.97 Å². The van der Waals surface area contributed by atoms with Crippen molar-refractivity contribution in [2.24, 2.45) is 10.3 Å². The van der Waals surface area contributed by atoms with E-state index >= 15 is 0 Å². The number of methoxy groups -OCH3 is 1. The standard InChI is InChI=1S/C21H21BrN2O4/c1-13-5-4-6-17(20(24-27-3)21(25)26-2)18(13)12-28-23-19-10-7-14-11-15(22)8-9-16(14)19/h4-6,8-9,11H,7,10,12H2,1-3H3/b23-19+,24-20+. The van der Waals surface area contributed by atoms with Gasteiger partial charge in [0.15, 0.2) is 5.71 Å². The fraction of sp³-hybridized carbons (Fsp3) is 0.286. The minimum atomic E-state index is -0.574. The van der Waals surface area contributed by atoms with Crippen LogP contribution >= 0.6 is 15.9 Å². The van der Waals surface area contributed by atoms with Gasteiger partial charge in [0, 0.05) is 21.2 Å². The molecule has 1 aliphatic rings. The smallest absolute Gasteiger partial charge is 0.360 e. The Balaban J connectivity index is 1.84. The summed E-state index contributed by atoms with van der Waals surface area (Å²) in [6, 6.07) is 11.7. The van der Waals surface area contributed by atoms with Gasteiger partial charge in [-0.1, -0.05) is 50.5 Å². The van der Waals surface area contributed by atoms with E-state index in [0.717, 1.165) is 39.7 Å². The van der Waals surface area contributed by atoms with Crippen molar-refractivity contribution in [2.45, 2.75) is 26.4 Å². The molecule has 2 aromatic carbocycles. The number of oxime groups is 2. The second-order valence-electron chi connectivity index (χ2n) is 6.33. The van der Waals surface area contributed by atoms with Crippen LogP contribution in [-0.4, -0.2) is 31.6 Å². The van der Waals surface area contributed by atoms with Gasteiger partial charge in [0.1, 0.15) is 13.7 Å². The lowest BCUT2D eigenvalue weighted by atomic mass is 9.99. The lowest BCUT2D eigenvalue weighted by Crippen LogP contribution is -2.20. The van der Waals surface area contributed by atoms with Gasteiger partial charge in [-0.25, -0.2) is 4.79 Å². The molecule has 0 unspecified atom stereocenters. The summed E-state index contributed by atoms with van der Waals surface area (Å²) < 4.78 is 5.89. The minimum absolute atomic E-state index is 0.0935. The number of hydrogen-bond acceptors (Lipinski definition) is 6. The summed E-state index contributed by atoms with van der Waals surface area (Å²) in [6.45, 7) is 2.15. The fourth-order valence-corrected chi connectivity index (χ4v) is 3.62. The van der Waals surface area contributed by atoms with E-state index in [-0.39, 0.29) is 12.3 Å². The quantitative estimate of drug-likeness (QED) is 0.381. The maximum Gasteiger partial charge on any atom is 0.360 e. The highest BCUT2D eigenvalue weighted by molar-refractivity contribution is 9.10. The van der Waals surface area contributed by atoms with Crippen LogP contribution in [-0.2, 0) is 32.2 Å². The molecule has 146 valence electrons. The Hall–Kier alpha value is -2.67. The lowest BCUT2D eigenvalue weighted by molar-refractivity contribution is -0.132. The molecular weight excluding hydrogens is 424 g/mol. The number of aryl methyl sites for hydroxylation is 2. The average molecular weight is 445 g/mol. The molecule has 0 aromatic heterocycles. The number of hydrogen-bond donors (Lipinski definition) is 0. The fourth-order valence-electron chi connectivity index (χ4n) is 3.21. The van der Waals surface area contributed by atoms with Crippen LogP contribution in [0.3, 0.4) is 0 Å². The molecule has 0 aliphatic heterocycles. The molecule has 0 saturated carbocycles. The molecule has 0 atom stereocenters. The van der Waals surface area contributed by atoms with Crippen molar-refractivity contribution in [3.8, 4) is 0 Å². The number of benzene rings is 2. The molecule has 0 bridgehead atoms. The predicted octanol–water partition coefficient (Wildman–Crippen LogP) is 4.15. The third kappa shape index (κ3) is 4.25. The van der Waals surface area contributed by atoms with Crippen molar-refractivity contribution in [1.29, 1.82) is 0 Å². The highest BCUT2D eigenvalue weighted by atomic mass is 79.9. The van der Waals surface area contributed by atoms with Crippen molar-refractivity contribution >= 4 is 33.3 Å². The van der Waals surface area contributed by atoms with Gasteiger partial charge < -0.3 is 14.4 Å². The largest absolute Gasteiger partial charge is 0.464 e. The zero-order chi connectivity index (χ0) is 20.1. The van der Waals surface area contributed by atoms with Crippen LogP contribution in [0.2, 0.25) is 0 Å². The molecule has 0 amide bonds. The van der Waals surface area contributed by atoms with Gasteiger partial charge in [-0.3, -0.25) is 0 Å². The molecule has 3 rings (SSSR count). The van der Waals surface area contributed by atoms with E-state index in [0.29, 0.717) is 5.56 Å². The molecule has 0 heterocycles. The Bertz CT molecular complexity index is 953. The van der Waals surface area contributed by atoms with Crippen LogP contribution in [0, 0.1) is 6.92 Å². The summed E-state index contributed by atoms with van der Waals surface area (Å²) in [5.74, 6) is -0.574. The molecule has 6 nitrogen and oxygen atoms in total. The Kier molecular flexibility index (Phi) is 6.46. The number of fused-ring (bicyclic) bond motifs is 1. The molecule has 28 heavy (non-hydrogen) atoms. The van der Waals surface area contributed by atoms with Crippen LogP contribution < -0.4 is 0 Å². The monoisotopic (exact) mass is 444 g/mol. The first-order valence-corrected chi connectivity index (χ1v) is 9.60. The third-order valence-electron chi connectivity index (χ3n) is 4.62. The van der Waals surface area contributed by atoms with E-state index in [4.69, 9.17) is 14.4 Å². The second kappa shape index (κ2) is 9.01. The first-order valence-electron chi connectivity index (χ1n) is 8.81. The van der Waals surface area contributed by atoms with Crippen molar-refractivity contribution in [2.75, 3.05) is 14.2 Å². The minimum Gasteiger partial charge on any atom is -0.464 e. The summed E-state index contributed by atoms with van der Waals surface area (Å²) in [7, 11) is 2.69. The molecule has 1 aliphatic carbocycles. The van der Waals surface area contributed by atoms with E-state index in [1.54, 1.807) is 6.07 Å². The number of halogens is 1. The van der Waals surface area contributed by atoms with Crippen LogP contribution in [0.4, 0.5) is 0 Å². The molecule has 2 aromatic rings. The number of esters is 1. The van der Waals surface area contributed by atoms with E-state index in [9.17, 15) is 4.79 Å². The van der Waals surface area contributed by atoms with E-state index in [2.05, 4.69) is 38.4 Å². The molecular formula is C21H21BrN2O4. The van der Waals surface area contributed by atoms with Gasteiger partial charge in [0.05, 0.1) is 12.8 Å². The van der Waals surface area contributed by atoms with Crippen molar-refractivity contribution in [3.63, 3.8) is 0 Å². The normalized spacial score (nSPS) is 14.7. The zero-order valence-electron chi connectivity index (χ0n) is 16.0. The molecule has 0 radical (unpaired) electrons. The second-order valence-corrected chi connectivity index (χ2v) is 7.24. The van der Waals surface area contributed by atoms with Crippen LogP contribution in [0.15, 0.2) is 51.2 Å². The Labute approximate surface area is 172 Å². The average Bonchev–Trinajstić information content (AvgIpc) is 3.09. The van der Waals surface area contributed by atoms with Crippen molar-refractivity contribution < 1.29 is 19.2 Å². The number of ether oxygens (including phenoxy) is 1. The maximum absolute atomic E-state index is 12.1. The number of carbonyl (C=O) groups excluding carboxylic acids is 1. The van der Waals surface area contributed by atoms with Gasteiger partial charge >= 0.3 is 5.97 Å². The SMILES string of the molecule is CO/N=C(/C(=O)OC)c1cccc(C)c1CO/N=C1\CCc2cc(Br)ccc21. The summed E-state index contributed by atoms with van der Waals surface area (Å²) in [4.78, 5) is 22.6. The molecule has 0 saturated heterocycles. The first-order chi connectivity index (χ1) is 13.5. The highest BCUT2D eigenvalue weighted by Crippen LogP contribution is 2.26. The van der Waals surface area contributed by atoms with E-state index in [1.165, 1.54) is 19.8 Å². The molecule has 7 heteroatoms. The van der Waals surface area contributed by atoms with Gasteiger partial charge in [-0.15, -0.1) is 0 Å². The number of carbonyl (C=O) groups is 1. The molecule has 0 fully saturated rings. The zero-order valence-corrected chi connectivity index (χ0v) is 17.6. The summed E-state index contributed by atoms with van der Waals surface area (Å²) in [6.07, 6.45) is 1.78. The summed E-state index contributed by atoms with van der Waals surface area (Å²) in [5.41, 5.74) is 5.76. The predicted molar refractivity (Wildman–Crippen MR) is 111 cm³/mol. The molecule has 0 spiro atoms. The highest BCUT2D eigenvalue weighted by Gasteiger charge is 2.21. The first kappa shape index (κ1) is 20.1. The number of nitrogens with zero attached hydrogens (tertiary/aromatic N) is 2. The summed E-state index contributed by atoms with van der Waals surface area (Å²) >= 11 is 3.50. The Morgan fingerprint density at radius 2 is 2.00 bits per heavy atom. The Morgan fingerprint density at radius 1 is 1.18 bits per heavy atom. The van der Waals surface area contributed by atoms with Crippen LogP contribution in [0.25, 0.3) is 0 Å². The number of rotatable bonds is 6. The van der Waals surface area contributed by atoms with Crippen molar-refractivity contribution in [1.82, 2.24) is 0 Å². The van der Waals surface area contributed by atoms with Crippen molar-refractivity contribution in [3.05, 3.63) is 68.7 Å². The van der Waals surface area contributed by atoms with Gasteiger partial charge in [0.25, 0.3) is 0 Å². The lowest BCUT2D eigenvalue weighted by Gasteiger charge is -2.12. The molecule has 0 N–H and O–H groups in total. The van der Waals surface area contributed by atoms with Gasteiger partial charge in [-0.05, 0) is 43.0 Å². The topological polar surface area (TPSA) is 69.5 Å². The maximum atomic E-state index is 12.1. The van der Waals surface area contributed by atoms with Crippen LogP contribution in [0.1, 0.15) is 34.2 Å². The van der Waals surface area contributed by atoms with Crippen LogP contribution in [0.5, 0.6) is 0 Å². The summed E-state index contributed by atoms with van der Waals surface area (Å²) in [5, 5.41) is 8.19. The third-order valence-corrected chi connectivity index (χ3v) is 5.11.